The third kappa shape index (κ3) is 4.27. The third-order valence-electron chi connectivity index (χ3n) is 6.40. The summed E-state index contributed by atoms with van der Waals surface area (Å²) in [4.78, 5) is 40.6. The number of anilines is 1. The van der Waals surface area contributed by atoms with Crippen LogP contribution in [-0.2, 0) is 16.0 Å². The van der Waals surface area contributed by atoms with Crippen LogP contribution in [0.5, 0.6) is 0 Å². The third-order valence-corrected chi connectivity index (χ3v) is 6.64. The highest BCUT2D eigenvalue weighted by atomic mass is 35.5. The van der Waals surface area contributed by atoms with E-state index in [1.54, 1.807) is 36.4 Å². The standard InChI is InChI=1S/C29H22ClNO6/c1-3-16-7-9-17(10-8-16)25-24(26(32)23-15-19-13-20(30)11-12-22(19)37-23)27(33)28(34)31(25)21-6-4-5-18(14-21)29(35)36-2/h4-15,25,33H,3H2,1-2H3. The number of Topliss-reactive ketones (excluding diaryl/α,β-unsaturated/α-hetero) is 1. The van der Waals surface area contributed by atoms with Crippen LogP contribution in [0.15, 0.2) is 88.5 Å². The van der Waals surface area contributed by atoms with Crippen molar-refractivity contribution in [2.75, 3.05) is 12.0 Å². The highest BCUT2D eigenvalue weighted by molar-refractivity contribution is 6.31. The van der Waals surface area contributed by atoms with Gasteiger partial charge in [-0.25, -0.2) is 4.79 Å². The number of hydrogen-bond acceptors (Lipinski definition) is 6. The maximum atomic E-state index is 13.8. The predicted octanol–water partition coefficient (Wildman–Crippen LogP) is 6.22. The molecule has 0 bridgehead atoms. The summed E-state index contributed by atoms with van der Waals surface area (Å²) in [6.45, 7) is 2.02. The number of furan rings is 1. The number of halogens is 1. The molecule has 4 aromatic rings. The van der Waals surface area contributed by atoms with Gasteiger partial charge in [-0.05, 0) is 60.0 Å². The van der Waals surface area contributed by atoms with E-state index in [0.29, 0.717) is 27.2 Å². The van der Waals surface area contributed by atoms with Gasteiger partial charge in [0.15, 0.2) is 11.5 Å². The van der Waals surface area contributed by atoms with E-state index in [4.69, 9.17) is 20.8 Å². The molecule has 37 heavy (non-hydrogen) atoms. The Hall–Kier alpha value is -4.36. The van der Waals surface area contributed by atoms with E-state index >= 15 is 0 Å². The largest absolute Gasteiger partial charge is 0.503 e. The highest BCUT2D eigenvalue weighted by Gasteiger charge is 2.45. The highest BCUT2D eigenvalue weighted by Crippen LogP contribution is 2.42. The molecule has 3 aromatic carbocycles. The number of hydrogen-bond donors (Lipinski definition) is 1. The summed E-state index contributed by atoms with van der Waals surface area (Å²) in [5.74, 6) is -2.70. The van der Waals surface area contributed by atoms with Crippen molar-refractivity contribution < 1.29 is 28.6 Å². The van der Waals surface area contributed by atoms with Crippen LogP contribution < -0.4 is 4.90 Å². The van der Waals surface area contributed by atoms with E-state index in [2.05, 4.69) is 0 Å². The van der Waals surface area contributed by atoms with Gasteiger partial charge in [0.25, 0.3) is 5.91 Å². The van der Waals surface area contributed by atoms with Crippen molar-refractivity contribution in [3.05, 3.63) is 112 Å². The monoisotopic (exact) mass is 515 g/mol. The van der Waals surface area contributed by atoms with Crippen molar-refractivity contribution in [3.63, 3.8) is 0 Å². The Morgan fingerprint density at radius 2 is 1.81 bits per heavy atom. The van der Waals surface area contributed by atoms with Gasteiger partial charge in [-0.15, -0.1) is 0 Å². The molecule has 1 atom stereocenters. The molecule has 1 amide bonds. The number of carbonyl (C=O) groups excluding carboxylic acids is 3. The van der Waals surface area contributed by atoms with Gasteiger partial charge < -0.3 is 14.3 Å². The molecule has 1 aliphatic rings. The second kappa shape index (κ2) is 9.59. The molecule has 0 fully saturated rings. The molecule has 0 aliphatic carbocycles. The Kier molecular flexibility index (Phi) is 6.31. The van der Waals surface area contributed by atoms with Crippen LogP contribution in [0.4, 0.5) is 5.69 Å². The van der Waals surface area contributed by atoms with E-state index in [9.17, 15) is 19.5 Å². The van der Waals surface area contributed by atoms with Crippen LogP contribution in [0.2, 0.25) is 5.02 Å². The first kappa shape index (κ1) is 24.3. The minimum absolute atomic E-state index is 0.0352. The first-order valence-corrected chi connectivity index (χ1v) is 12.0. The quantitative estimate of drug-likeness (QED) is 0.242. The number of rotatable bonds is 6. The molecule has 5 rings (SSSR count). The van der Waals surface area contributed by atoms with Gasteiger partial charge in [-0.1, -0.05) is 48.9 Å². The smallest absolute Gasteiger partial charge is 0.337 e. The molecule has 1 N–H and O–H groups in total. The van der Waals surface area contributed by atoms with E-state index in [1.807, 2.05) is 31.2 Å². The van der Waals surface area contributed by atoms with Crippen LogP contribution in [-0.4, -0.2) is 29.9 Å². The van der Waals surface area contributed by atoms with Gasteiger partial charge in [0, 0.05) is 16.1 Å². The maximum absolute atomic E-state index is 13.8. The van der Waals surface area contributed by atoms with E-state index in [1.165, 1.54) is 24.1 Å². The number of aliphatic hydroxyl groups excluding tert-OH is 1. The molecular weight excluding hydrogens is 494 g/mol. The SMILES string of the molecule is CCc1ccc(C2C(C(=O)c3cc4cc(Cl)ccc4o3)=C(O)C(=O)N2c2cccc(C(=O)OC)c2)cc1. The average Bonchev–Trinajstić information content (AvgIpc) is 3.46. The number of fused-ring (bicyclic) bond motifs is 1. The average molecular weight is 516 g/mol. The number of ketones is 1. The predicted molar refractivity (Wildman–Crippen MR) is 139 cm³/mol. The molecule has 0 spiro atoms. The molecule has 0 saturated carbocycles. The van der Waals surface area contributed by atoms with Gasteiger partial charge in [-0.3, -0.25) is 14.5 Å². The number of nitrogens with zero attached hydrogens (tertiary/aromatic N) is 1. The normalized spacial score (nSPS) is 15.5. The molecule has 7 nitrogen and oxygen atoms in total. The summed E-state index contributed by atoms with van der Waals surface area (Å²) in [7, 11) is 1.26. The van der Waals surface area contributed by atoms with Crippen molar-refractivity contribution in [3.8, 4) is 0 Å². The lowest BCUT2D eigenvalue weighted by Gasteiger charge is -2.27. The number of carbonyl (C=O) groups is 3. The number of ether oxygens (including phenoxy) is 1. The summed E-state index contributed by atoms with van der Waals surface area (Å²) >= 11 is 6.08. The number of esters is 1. The molecule has 1 aromatic heterocycles. The Morgan fingerprint density at radius 3 is 2.51 bits per heavy atom. The summed E-state index contributed by atoms with van der Waals surface area (Å²) in [5, 5.41) is 12.1. The fourth-order valence-electron chi connectivity index (χ4n) is 4.51. The maximum Gasteiger partial charge on any atom is 0.337 e. The van der Waals surface area contributed by atoms with Crippen LogP contribution in [0.25, 0.3) is 11.0 Å². The summed E-state index contributed by atoms with van der Waals surface area (Å²) in [6.07, 6.45) is 0.809. The number of aryl methyl sites for hydroxylation is 1. The second-order valence-electron chi connectivity index (χ2n) is 8.60. The van der Waals surface area contributed by atoms with E-state index in [0.717, 1.165) is 12.0 Å². The van der Waals surface area contributed by atoms with Crippen LogP contribution >= 0.6 is 11.6 Å². The van der Waals surface area contributed by atoms with Gasteiger partial charge in [0.2, 0.25) is 5.78 Å². The van der Waals surface area contributed by atoms with Crippen molar-refractivity contribution in [2.45, 2.75) is 19.4 Å². The zero-order valence-electron chi connectivity index (χ0n) is 20.0. The van der Waals surface area contributed by atoms with Crippen LogP contribution in [0.1, 0.15) is 45.0 Å². The molecule has 0 radical (unpaired) electrons. The van der Waals surface area contributed by atoms with Crippen LogP contribution in [0.3, 0.4) is 0 Å². The lowest BCUT2D eigenvalue weighted by molar-refractivity contribution is -0.117. The lowest BCUT2D eigenvalue weighted by Crippen LogP contribution is -2.31. The molecule has 2 heterocycles. The van der Waals surface area contributed by atoms with E-state index < -0.39 is 29.5 Å². The van der Waals surface area contributed by atoms with Crippen molar-refractivity contribution in [2.24, 2.45) is 0 Å². The molecule has 1 aliphatic heterocycles. The van der Waals surface area contributed by atoms with Gasteiger partial charge in [0.1, 0.15) is 5.58 Å². The number of amides is 1. The zero-order chi connectivity index (χ0) is 26.3. The van der Waals surface area contributed by atoms with Crippen molar-refractivity contribution in [1.82, 2.24) is 0 Å². The van der Waals surface area contributed by atoms with Crippen molar-refractivity contribution >= 4 is 45.9 Å². The van der Waals surface area contributed by atoms with Gasteiger partial charge in [0.05, 0.1) is 24.3 Å². The zero-order valence-corrected chi connectivity index (χ0v) is 20.8. The topological polar surface area (TPSA) is 97.0 Å². The number of aliphatic hydroxyl groups is 1. The fourth-order valence-corrected chi connectivity index (χ4v) is 4.69. The van der Waals surface area contributed by atoms with Crippen molar-refractivity contribution in [1.29, 1.82) is 0 Å². The minimum Gasteiger partial charge on any atom is -0.503 e. The van der Waals surface area contributed by atoms with Gasteiger partial charge >= 0.3 is 5.97 Å². The first-order valence-electron chi connectivity index (χ1n) is 11.6. The number of methoxy groups -OCH3 is 1. The van der Waals surface area contributed by atoms with Crippen LogP contribution in [0, 0.1) is 0 Å². The minimum atomic E-state index is -0.962. The van der Waals surface area contributed by atoms with E-state index in [-0.39, 0.29) is 16.9 Å². The lowest BCUT2D eigenvalue weighted by atomic mass is 9.93. The fraction of sp³-hybridized carbons (Fsp3) is 0.138. The summed E-state index contributed by atoms with van der Waals surface area (Å²) < 4.78 is 10.6. The molecule has 8 heteroatoms. The molecule has 0 saturated heterocycles. The summed E-state index contributed by atoms with van der Waals surface area (Å²) in [5.41, 5.74) is 2.55. The number of benzene rings is 3. The Balaban J connectivity index is 1.65. The molecule has 1 unspecified atom stereocenters. The Morgan fingerprint density at radius 1 is 1.05 bits per heavy atom. The molecule has 186 valence electrons. The second-order valence-corrected chi connectivity index (χ2v) is 9.04. The van der Waals surface area contributed by atoms with Gasteiger partial charge in [-0.2, -0.15) is 0 Å². The first-order chi connectivity index (χ1) is 17.8. The molecular formula is C29H22ClNO6. The summed E-state index contributed by atoms with van der Waals surface area (Å²) in [6, 6.07) is 19.2. The Bertz CT molecular complexity index is 1580. The Labute approximate surface area is 217 Å².